The fraction of sp³-hybridized carbons (Fsp3) is 0.571. The number of piperazine rings is 1. The van der Waals surface area contributed by atoms with Crippen molar-refractivity contribution < 1.29 is 0 Å². The van der Waals surface area contributed by atoms with Crippen molar-refractivity contribution in [3.8, 4) is 0 Å². The minimum Gasteiger partial charge on any atom is -0.301 e. The van der Waals surface area contributed by atoms with Crippen LogP contribution in [0.15, 0.2) is 28.7 Å². The van der Waals surface area contributed by atoms with Gasteiger partial charge in [-0.15, -0.1) is 0 Å². The predicted molar refractivity (Wildman–Crippen MR) is 76.1 cm³/mol. The molecular formula is C14H21BrN2. The SMILES string of the molecule is CCC1CN(Cc2ccccc2Br)CCN1C. The first-order valence-corrected chi connectivity index (χ1v) is 7.16. The quantitative estimate of drug-likeness (QED) is 0.846. The van der Waals surface area contributed by atoms with Gasteiger partial charge < -0.3 is 4.90 Å². The summed E-state index contributed by atoms with van der Waals surface area (Å²) < 4.78 is 1.23. The van der Waals surface area contributed by atoms with Crippen LogP contribution < -0.4 is 0 Å². The number of rotatable bonds is 3. The van der Waals surface area contributed by atoms with Crippen LogP contribution in [0.5, 0.6) is 0 Å². The van der Waals surface area contributed by atoms with Gasteiger partial charge >= 0.3 is 0 Å². The number of nitrogens with zero attached hydrogens (tertiary/aromatic N) is 2. The lowest BCUT2D eigenvalue weighted by Crippen LogP contribution is -2.50. The maximum atomic E-state index is 3.63. The molecule has 1 atom stereocenters. The number of likely N-dealkylation sites (N-methyl/N-ethyl adjacent to an activating group) is 1. The Balaban J connectivity index is 1.98. The molecule has 0 spiro atoms. The molecule has 1 aromatic rings. The van der Waals surface area contributed by atoms with Crippen LogP contribution in [-0.2, 0) is 6.54 Å². The van der Waals surface area contributed by atoms with E-state index in [4.69, 9.17) is 0 Å². The van der Waals surface area contributed by atoms with E-state index in [1.807, 2.05) is 0 Å². The predicted octanol–water partition coefficient (Wildman–Crippen LogP) is 2.98. The Morgan fingerprint density at radius 1 is 1.29 bits per heavy atom. The summed E-state index contributed by atoms with van der Waals surface area (Å²) in [5.74, 6) is 0. The van der Waals surface area contributed by atoms with Crippen molar-refractivity contribution in [1.29, 1.82) is 0 Å². The van der Waals surface area contributed by atoms with Crippen molar-refractivity contribution in [3.63, 3.8) is 0 Å². The van der Waals surface area contributed by atoms with Crippen LogP contribution in [0.3, 0.4) is 0 Å². The number of halogens is 1. The summed E-state index contributed by atoms with van der Waals surface area (Å²) in [7, 11) is 2.24. The van der Waals surface area contributed by atoms with Crippen molar-refractivity contribution in [2.45, 2.75) is 25.9 Å². The molecular weight excluding hydrogens is 276 g/mol. The van der Waals surface area contributed by atoms with E-state index in [0.717, 1.165) is 6.54 Å². The van der Waals surface area contributed by atoms with Crippen molar-refractivity contribution in [2.75, 3.05) is 26.7 Å². The zero-order valence-corrected chi connectivity index (χ0v) is 12.3. The lowest BCUT2D eigenvalue weighted by Gasteiger charge is -2.39. The van der Waals surface area contributed by atoms with Crippen LogP contribution in [0.1, 0.15) is 18.9 Å². The second-order valence-corrected chi connectivity index (χ2v) is 5.72. The summed E-state index contributed by atoms with van der Waals surface area (Å²) in [4.78, 5) is 5.05. The van der Waals surface area contributed by atoms with E-state index in [1.165, 1.54) is 36.1 Å². The van der Waals surface area contributed by atoms with Gasteiger partial charge in [-0.2, -0.15) is 0 Å². The molecule has 1 aliphatic heterocycles. The molecule has 2 nitrogen and oxygen atoms in total. The van der Waals surface area contributed by atoms with E-state index >= 15 is 0 Å². The highest BCUT2D eigenvalue weighted by Crippen LogP contribution is 2.20. The van der Waals surface area contributed by atoms with E-state index < -0.39 is 0 Å². The zero-order valence-electron chi connectivity index (χ0n) is 10.7. The molecule has 1 saturated heterocycles. The van der Waals surface area contributed by atoms with Gasteiger partial charge in [0.2, 0.25) is 0 Å². The van der Waals surface area contributed by atoms with Gasteiger partial charge in [-0.25, -0.2) is 0 Å². The fourth-order valence-corrected chi connectivity index (χ4v) is 2.87. The largest absolute Gasteiger partial charge is 0.301 e. The van der Waals surface area contributed by atoms with E-state index in [0.29, 0.717) is 6.04 Å². The molecule has 2 rings (SSSR count). The molecule has 0 bridgehead atoms. The highest BCUT2D eigenvalue weighted by atomic mass is 79.9. The van der Waals surface area contributed by atoms with Gasteiger partial charge in [-0.1, -0.05) is 41.1 Å². The molecule has 0 aromatic heterocycles. The van der Waals surface area contributed by atoms with Crippen LogP contribution in [0.25, 0.3) is 0 Å². The van der Waals surface area contributed by atoms with Crippen LogP contribution >= 0.6 is 15.9 Å². The molecule has 1 aromatic carbocycles. The molecule has 0 amide bonds. The van der Waals surface area contributed by atoms with E-state index in [9.17, 15) is 0 Å². The van der Waals surface area contributed by atoms with Gasteiger partial charge in [-0.3, -0.25) is 4.90 Å². The molecule has 1 fully saturated rings. The average Bonchev–Trinajstić information content (AvgIpc) is 2.34. The molecule has 94 valence electrons. The average molecular weight is 297 g/mol. The molecule has 0 N–H and O–H groups in total. The Bertz CT molecular complexity index is 367. The Hall–Kier alpha value is -0.380. The van der Waals surface area contributed by atoms with E-state index in [1.54, 1.807) is 0 Å². The van der Waals surface area contributed by atoms with Gasteiger partial charge in [0.1, 0.15) is 0 Å². The van der Waals surface area contributed by atoms with Gasteiger partial charge in [0.05, 0.1) is 0 Å². The maximum Gasteiger partial charge on any atom is 0.0246 e. The number of hydrogen-bond acceptors (Lipinski definition) is 2. The van der Waals surface area contributed by atoms with Gasteiger partial charge in [0.15, 0.2) is 0 Å². The summed E-state index contributed by atoms with van der Waals surface area (Å²) >= 11 is 3.63. The highest BCUT2D eigenvalue weighted by Gasteiger charge is 2.22. The summed E-state index contributed by atoms with van der Waals surface area (Å²) in [6, 6.07) is 9.25. The minimum absolute atomic E-state index is 0.714. The summed E-state index contributed by atoms with van der Waals surface area (Å²) in [5, 5.41) is 0. The Kier molecular flexibility index (Phi) is 4.60. The molecule has 1 aliphatic rings. The summed E-state index contributed by atoms with van der Waals surface area (Å²) in [6.07, 6.45) is 1.24. The molecule has 1 heterocycles. The van der Waals surface area contributed by atoms with Gasteiger partial charge in [0.25, 0.3) is 0 Å². The first-order valence-electron chi connectivity index (χ1n) is 6.36. The van der Waals surface area contributed by atoms with Gasteiger partial charge in [0, 0.05) is 36.7 Å². The lowest BCUT2D eigenvalue weighted by molar-refractivity contribution is 0.0882. The molecule has 17 heavy (non-hydrogen) atoms. The molecule has 3 heteroatoms. The third-order valence-corrected chi connectivity index (χ3v) is 4.46. The normalized spacial score (nSPS) is 22.9. The number of hydrogen-bond donors (Lipinski definition) is 0. The van der Waals surface area contributed by atoms with Crippen molar-refractivity contribution in [1.82, 2.24) is 9.80 Å². The second-order valence-electron chi connectivity index (χ2n) is 4.87. The summed E-state index contributed by atoms with van der Waals surface area (Å²) in [6.45, 7) is 6.89. The zero-order chi connectivity index (χ0) is 12.3. The van der Waals surface area contributed by atoms with Crippen molar-refractivity contribution in [2.24, 2.45) is 0 Å². The van der Waals surface area contributed by atoms with Crippen LogP contribution in [-0.4, -0.2) is 42.5 Å². The first-order chi connectivity index (χ1) is 8.20. The fourth-order valence-electron chi connectivity index (χ4n) is 2.46. The topological polar surface area (TPSA) is 6.48 Å². The van der Waals surface area contributed by atoms with Gasteiger partial charge in [-0.05, 0) is 25.1 Å². The van der Waals surface area contributed by atoms with Crippen molar-refractivity contribution in [3.05, 3.63) is 34.3 Å². The third-order valence-electron chi connectivity index (χ3n) is 3.68. The summed E-state index contributed by atoms with van der Waals surface area (Å²) in [5.41, 5.74) is 1.40. The molecule has 0 radical (unpaired) electrons. The third kappa shape index (κ3) is 3.30. The van der Waals surface area contributed by atoms with E-state index in [2.05, 4.69) is 64.0 Å². The maximum absolute atomic E-state index is 3.63. The standard InChI is InChI=1S/C14H21BrN2/c1-3-13-11-17(9-8-16(13)2)10-12-6-4-5-7-14(12)15/h4-7,13H,3,8-11H2,1-2H3. The van der Waals surface area contributed by atoms with Crippen LogP contribution in [0.4, 0.5) is 0 Å². The van der Waals surface area contributed by atoms with E-state index in [-0.39, 0.29) is 0 Å². The smallest absolute Gasteiger partial charge is 0.0246 e. The Morgan fingerprint density at radius 2 is 2.06 bits per heavy atom. The monoisotopic (exact) mass is 296 g/mol. The first kappa shape index (κ1) is 13.1. The number of benzene rings is 1. The Labute approximate surface area is 113 Å². The minimum atomic E-state index is 0.714. The Morgan fingerprint density at radius 3 is 2.76 bits per heavy atom. The molecule has 0 aliphatic carbocycles. The molecule has 1 unspecified atom stereocenters. The van der Waals surface area contributed by atoms with Crippen molar-refractivity contribution >= 4 is 15.9 Å². The highest BCUT2D eigenvalue weighted by molar-refractivity contribution is 9.10. The van der Waals surface area contributed by atoms with Crippen LogP contribution in [0.2, 0.25) is 0 Å². The molecule has 0 saturated carbocycles. The second kappa shape index (κ2) is 5.98. The lowest BCUT2D eigenvalue weighted by atomic mass is 10.1. The van der Waals surface area contributed by atoms with Crippen LogP contribution in [0, 0.1) is 0 Å².